The first-order valence-electron chi connectivity index (χ1n) is 18.9. The third-order valence-electron chi connectivity index (χ3n) is 10.6. The molecule has 57 heavy (non-hydrogen) atoms. The number of aromatic nitrogens is 5. The van der Waals surface area contributed by atoms with Gasteiger partial charge < -0.3 is 4.42 Å². The van der Waals surface area contributed by atoms with Crippen LogP contribution < -0.4 is 0 Å². The molecule has 11 aromatic rings. The van der Waals surface area contributed by atoms with Crippen LogP contribution in [0, 0.1) is 0 Å². The number of hydrogen-bond acceptors (Lipinski definition) is 6. The molecule has 7 aromatic carbocycles. The summed E-state index contributed by atoms with van der Waals surface area (Å²) < 4.78 is 6.10. The Hall–Kier alpha value is -7.83. The van der Waals surface area contributed by atoms with E-state index in [1.165, 1.54) is 21.7 Å². The molecular weight excluding hydrogens is 699 g/mol. The van der Waals surface area contributed by atoms with Crippen LogP contribution in [-0.4, -0.2) is 24.9 Å². The van der Waals surface area contributed by atoms with Gasteiger partial charge in [-0.3, -0.25) is 0 Å². The second-order valence-electron chi connectivity index (χ2n) is 14.2. The monoisotopic (exact) mass is 729 g/mol. The molecule has 0 fully saturated rings. The molecule has 0 bridgehead atoms. The number of fused-ring (bicyclic) bond motifs is 5. The lowest BCUT2D eigenvalue weighted by Gasteiger charge is -2.11. The van der Waals surface area contributed by atoms with E-state index in [9.17, 15) is 0 Å². The number of hydrogen-bond donors (Lipinski definition) is 0. The van der Waals surface area contributed by atoms with Crippen molar-refractivity contribution >= 4 is 43.7 Å². The fourth-order valence-corrected chi connectivity index (χ4v) is 7.58. The minimum Gasteiger partial charge on any atom is -0.434 e. The normalized spacial score (nSPS) is 11.5. The van der Waals surface area contributed by atoms with Crippen LogP contribution in [-0.2, 0) is 0 Å². The summed E-state index contributed by atoms with van der Waals surface area (Å²) in [5.41, 5.74) is 11.8. The molecule has 0 aliphatic carbocycles. The van der Waals surface area contributed by atoms with Crippen molar-refractivity contribution in [1.29, 1.82) is 0 Å². The predicted octanol–water partition coefficient (Wildman–Crippen LogP) is 12.9. The number of furan rings is 1. The largest absolute Gasteiger partial charge is 0.434 e. The van der Waals surface area contributed by atoms with Crippen molar-refractivity contribution in [3.8, 4) is 67.5 Å². The molecule has 0 N–H and O–H groups in total. The van der Waals surface area contributed by atoms with Crippen molar-refractivity contribution in [2.75, 3.05) is 0 Å². The molecule has 0 spiro atoms. The molecule has 6 nitrogen and oxygen atoms in total. The second kappa shape index (κ2) is 13.5. The van der Waals surface area contributed by atoms with Crippen molar-refractivity contribution in [2.45, 2.75) is 0 Å². The van der Waals surface area contributed by atoms with Gasteiger partial charge in [-0.1, -0.05) is 146 Å². The molecule has 0 radical (unpaired) electrons. The molecule has 0 aliphatic heterocycles. The molecule has 11 rings (SSSR count). The van der Waals surface area contributed by atoms with Gasteiger partial charge in [-0.15, -0.1) is 0 Å². The van der Waals surface area contributed by atoms with Gasteiger partial charge in [0, 0.05) is 34.0 Å². The number of benzene rings is 7. The Morgan fingerprint density at radius 2 is 0.877 bits per heavy atom. The van der Waals surface area contributed by atoms with Gasteiger partial charge in [0.25, 0.3) is 0 Å². The van der Waals surface area contributed by atoms with Crippen molar-refractivity contribution in [3.63, 3.8) is 0 Å². The fourth-order valence-electron chi connectivity index (χ4n) is 7.58. The highest BCUT2D eigenvalue weighted by Gasteiger charge is 2.16. The number of nitrogens with zero attached hydrogens (tertiary/aromatic N) is 5. The molecule has 0 atom stereocenters. The fraction of sp³-hybridized carbons (Fsp3) is 0. The standard InChI is InChI=1S/C51H31N5O/c1-3-9-32(10-4-1)33-15-19-35(20-16-33)45-29-46(55-50(54-45)37-11-5-2-6-12-37)36-21-17-34(18-22-36)43-28-44-48-47(57-51(44)53-30-43)31-52-49(56-48)41-24-23-40-25-38-13-7-8-14-39(38)26-42(40)27-41/h1-31H. The molecule has 0 aliphatic rings. The van der Waals surface area contributed by atoms with Crippen LogP contribution in [0.1, 0.15) is 0 Å². The zero-order valence-corrected chi connectivity index (χ0v) is 30.5. The molecule has 0 unspecified atom stereocenters. The van der Waals surface area contributed by atoms with Gasteiger partial charge in [0.15, 0.2) is 17.2 Å². The summed E-state index contributed by atoms with van der Waals surface area (Å²) in [6.45, 7) is 0. The average Bonchev–Trinajstić information content (AvgIpc) is 3.66. The summed E-state index contributed by atoms with van der Waals surface area (Å²) in [6.07, 6.45) is 3.59. The van der Waals surface area contributed by atoms with Gasteiger partial charge in [0.1, 0.15) is 5.52 Å². The van der Waals surface area contributed by atoms with Crippen LogP contribution >= 0.6 is 0 Å². The van der Waals surface area contributed by atoms with E-state index in [2.05, 4.69) is 145 Å². The summed E-state index contributed by atoms with van der Waals surface area (Å²) in [4.78, 5) is 24.5. The van der Waals surface area contributed by atoms with Gasteiger partial charge >= 0.3 is 0 Å². The molecule has 266 valence electrons. The molecular formula is C51H31N5O. The predicted molar refractivity (Wildman–Crippen MR) is 230 cm³/mol. The van der Waals surface area contributed by atoms with E-state index in [0.29, 0.717) is 22.9 Å². The van der Waals surface area contributed by atoms with E-state index >= 15 is 0 Å². The summed E-state index contributed by atoms with van der Waals surface area (Å²) in [7, 11) is 0. The lowest BCUT2D eigenvalue weighted by atomic mass is 10.0. The van der Waals surface area contributed by atoms with E-state index < -0.39 is 0 Å². The number of rotatable bonds is 6. The van der Waals surface area contributed by atoms with E-state index in [1.807, 2.05) is 42.6 Å². The number of pyridine rings is 1. The zero-order chi connectivity index (χ0) is 37.7. The second-order valence-corrected chi connectivity index (χ2v) is 14.2. The summed E-state index contributed by atoms with van der Waals surface area (Å²) in [6, 6.07) is 60.9. The molecule has 4 aromatic heterocycles. The summed E-state index contributed by atoms with van der Waals surface area (Å²) >= 11 is 0. The van der Waals surface area contributed by atoms with Crippen LogP contribution in [0.5, 0.6) is 0 Å². The van der Waals surface area contributed by atoms with Gasteiger partial charge in [-0.2, -0.15) is 0 Å². The van der Waals surface area contributed by atoms with Crippen LogP contribution in [0.25, 0.3) is 111 Å². The van der Waals surface area contributed by atoms with E-state index in [-0.39, 0.29) is 0 Å². The minimum atomic E-state index is 0.528. The molecule has 0 saturated heterocycles. The van der Waals surface area contributed by atoms with E-state index in [1.54, 1.807) is 6.20 Å². The first-order chi connectivity index (χ1) is 28.2. The Balaban J connectivity index is 0.933. The third-order valence-corrected chi connectivity index (χ3v) is 10.6. The third kappa shape index (κ3) is 6.06. The Kier molecular flexibility index (Phi) is 7.71. The quantitative estimate of drug-likeness (QED) is 0.159. The highest BCUT2D eigenvalue weighted by Crippen LogP contribution is 2.34. The zero-order valence-electron chi connectivity index (χ0n) is 30.5. The van der Waals surface area contributed by atoms with Crippen LogP contribution in [0.4, 0.5) is 0 Å². The summed E-state index contributed by atoms with van der Waals surface area (Å²) in [5.74, 6) is 1.32. The van der Waals surface area contributed by atoms with Crippen LogP contribution in [0.15, 0.2) is 193 Å². The van der Waals surface area contributed by atoms with E-state index in [4.69, 9.17) is 24.4 Å². The average molecular weight is 730 g/mol. The van der Waals surface area contributed by atoms with E-state index in [0.717, 1.165) is 66.6 Å². The Morgan fingerprint density at radius 3 is 1.56 bits per heavy atom. The maximum Gasteiger partial charge on any atom is 0.229 e. The van der Waals surface area contributed by atoms with Gasteiger partial charge in [-0.05, 0) is 68.6 Å². The van der Waals surface area contributed by atoms with Crippen LogP contribution in [0.3, 0.4) is 0 Å². The first kappa shape index (κ1) is 32.6. The lowest BCUT2D eigenvalue weighted by Crippen LogP contribution is -1.96. The van der Waals surface area contributed by atoms with Gasteiger partial charge in [-0.25, -0.2) is 24.9 Å². The van der Waals surface area contributed by atoms with Crippen LogP contribution in [0.2, 0.25) is 0 Å². The SMILES string of the molecule is c1ccc(-c2ccc(-c3cc(-c4ccc(-c5cnc6oc7cnc(-c8ccc9cc%10ccccc%10cc9c8)nc7c6c5)cc4)nc(-c4ccccc4)n3)cc2)cc1. The summed E-state index contributed by atoms with van der Waals surface area (Å²) in [5, 5.41) is 5.59. The Bertz CT molecular complexity index is 3270. The lowest BCUT2D eigenvalue weighted by molar-refractivity contribution is 0.651. The Morgan fingerprint density at radius 1 is 0.333 bits per heavy atom. The highest BCUT2D eigenvalue weighted by atomic mass is 16.3. The topological polar surface area (TPSA) is 77.6 Å². The first-order valence-corrected chi connectivity index (χ1v) is 18.9. The molecule has 0 amide bonds. The maximum absolute atomic E-state index is 6.10. The highest BCUT2D eigenvalue weighted by molar-refractivity contribution is 6.03. The maximum atomic E-state index is 6.10. The molecule has 0 saturated carbocycles. The molecule has 4 heterocycles. The minimum absolute atomic E-state index is 0.528. The molecule has 6 heteroatoms. The smallest absolute Gasteiger partial charge is 0.229 e. The van der Waals surface area contributed by atoms with Gasteiger partial charge in [0.05, 0.1) is 23.0 Å². The Labute approximate surface area is 327 Å². The van der Waals surface area contributed by atoms with Crippen molar-refractivity contribution in [3.05, 3.63) is 188 Å². The van der Waals surface area contributed by atoms with Crippen molar-refractivity contribution in [1.82, 2.24) is 24.9 Å². The van der Waals surface area contributed by atoms with Crippen molar-refractivity contribution < 1.29 is 4.42 Å². The van der Waals surface area contributed by atoms with Crippen molar-refractivity contribution in [2.24, 2.45) is 0 Å². The van der Waals surface area contributed by atoms with Gasteiger partial charge in [0.2, 0.25) is 5.71 Å².